The normalized spacial score (nSPS) is 14.2. The van der Waals surface area contributed by atoms with Gasteiger partial charge in [0.15, 0.2) is 11.1 Å². The zero-order valence-corrected chi connectivity index (χ0v) is 20.3. The highest BCUT2D eigenvalue weighted by molar-refractivity contribution is 5.87. The maximum absolute atomic E-state index is 14.3. The molecule has 4 rings (SSSR count). The molecule has 1 aliphatic rings. The number of nitrogens with zero attached hydrogens (tertiary/aromatic N) is 2. The molecular weight excluding hydrogens is 477 g/mol. The summed E-state index contributed by atoms with van der Waals surface area (Å²) in [6, 6.07) is 11.2. The Hall–Kier alpha value is -4.33. The molecule has 0 bridgehead atoms. The Labute approximate surface area is 213 Å². The van der Waals surface area contributed by atoms with E-state index in [2.05, 4.69) is 22.2 Å². The van der Waals surface area contributed by atoms with Crippen LogP contribution in [0.2, 0.25) is 0 Å². The number of aromatic nitrogens is 2. The van der Waals surface area contributed by atoms with Gasteiger partial charge in [0.1, 0.15) is 5.82 Å². The summed E-state index contributed by atoms with van der Waals surface area (Å²) in [4.78, 5) is 17.8. The Morgan fingerprint density at radius 3 is 2.62 bits per heavy atom. The fourth-order valence-corrected chi connectivity index (χ4v) is 4.13. The van der Waals surface area contributed by atoms with Crippen molar-refractivity contribution in [3.05, 3.63) is 119 Å². The quantitative estimate of drug-likeness (QED) is 0.317. The number of alkyl halides is 3. The van der Waals surface area contributed by atoms with Gasteiger partial charge in [-0.15, -0.1) is 0 Å². The monoisotopic (exact) mass is 504 g/mol. The van der Waals surface area contributed by atoms with Gasteiger partial charge in [-0.25, -0.2) is 4.98 Å². The molecule has 3 aromatic rings. The van der Waals surface area contributed by atoms with Crippen molar-refractivity contribution >= 4 is 28.2 Å². The summed E-state index contributed by atoms with van der Waals surface area (Å²) in [5.74, 6) is 0.301. The molecule has 0 saturated carbocycles. The lowest BCUT2D eigenvalue weighted by atomic mass is 10.1. The van der Waals surface area contributed by atoms with Crippen LogP contribution in [0.15, 0.2) is 102 Å². The van der Waals surface area contributed by atoms with Crippen LogP contribution in [0, 0.1) is 0 Å². The third kappa shape index (κ3) is 5.91. The third-order valence-corrected chi connectivity index (χ3v) is 5.72. The minimum atomic E-state index is -4.76. The molecule has 0 radical (unpaired) electrons. The first kappa shape index (κ1) is 25.8. The topological polar surface area (TPSA) is 59.0 Å². The van der Waals surface area contributed by atoms with E-state index in [-0.39, 0.29) is 17.9 Å². The molecule has 0 atom stereocenters. The molecule has 37 heavy (non-hydrogen) atoms. The summed E-state index contributed by atoms with van der Waals surface area (Å²) in [6.07, 6.45) is 9.47. The highest BCUT2D eigenvalue weighted by Crippen LogP contribution is 2.35. The Kier molecular flexibility index (Phi) is 7.77. The molecule has 5 nitrogen and oxygen atoms in total. The van der Waals surface area contributed by atoms with Crippen LogP contribution < -0.4 is 16.1 Å². The average Bonchev–Trinajstić information content (AvgIpc) is 2.88. The number of fused-ring (bicyclic) bond motifs is 1. The maximum atomic E-state index is 14.3. The van der Waals surface area contributed by atoms with Crippen molar-refractivity contribution in [3.8, 4) is 0 Å². The van der Waals surface area contributed by atoms with Crippen molar-refractivity contribution in [2.24, 2.45) is 0 Å². The minimum absolute atomic E-state index is 0.0346. The highest BCUT2D eigenvalue weighted by atomic mass is 19.4. The number of hydrogen-bond acceptors (Lipinski definition) is 4. The van der Waals surface area contributed by atoms with Crippen LogP contribution in [0.5, 0.6) is 0 Å². The molecule has 0 unspecified atom stereocenters. The van der Waals surface area contributed by atoms with Crippen molar-refractivity contribution in [1.29, 1.82) is 0 Å². The summed E-state index contributed by atoms with van der Waals surface area (Å²) in [5.41, 5.74) is 0.237. The third-order valence-electron chi connectivity index (χ3n) is 5.72. The van der Waals surface area contributed by atoms with Gasteiger partial charge < -0.3 is 10.6 Å². The summed E-state index contributed by atoms with van der Waals surface area (Å²) in [7, 11) is 0. The minimum Gasteiger partial charge on any atom is -0.379 e. The number of halogens is 3. The number of pyridine rings is 2. The Morgan fingerprint density at radius 2 is 1.97 bits per heavy atom. The lowest BCUT2D eigenvalue weighted by Gasteiger charge is -2.22. The largest absolute Gasteiger partial charge is 0.417 e. The van der Waals surface area contributed by atoms with Crippen molar-refractivity contribution in [1.82, 2.24) is 9.55 Å². The number of benzene rings is 1. The van der Waals surface area contributed by atoms with Crippen molar-refractivity contribution in [2.45, 2.75) is 32.5 Å². The van der Waals surface area contributed by atoms with Gasteiger partial charge in [0.05, 0.1) is 23.2 Å². The van der Waals surface area contributed by atoms with Gasteiger partial charge >= 0.3 is 6.18 Å². The first-order chi connectivity index (χ1) is 17.8. The molecule has 1 aliphatic carbocycles. The van der Waals surface area contributed by atoms with E-state index in [4.69, 9.17) is 0 Å². The van der Waals surface area contributed by atoms with Crippen molar-refractivity contribution in [3.63, 3.8) is 0 Å². The molecule has 1 aromatic carbocycles. The van der Waals surface area contributed by atoms with Crippen LogP contribution in [0.1, 0.15) is 31.0 Å². The van der Waals surface area contributed by atoms with E-state index in [0.29, 0.717) is 11.5 Å². The lowest BCUT2D eigenvalue weighted by molar-refractivity contribution is -0.136. The predicted octanol–water partition coefficient (Wildman–Crippen LogP) is 7.28. The van der Waals surface area contributed by atoms with Gasteiger partial charge in [-0.1, -0.05) is 49.1 Å². The second-order valence-corrected chi connectivity index (χ2v) is 8.40. The zero-order valence-electron chi connectivity index (χ0n) is 20.3. The van der Waals surface area contributed by atoms with Crippen LogP contribution in [0.25, 0.3) is 16.7 Å². The molecule has 0 spiro atoms. The Balaban J connectivity index is 2.00. The van der Waals surface area contributed by atoms with E-state index in [9.17, 15) is 18.0 Å². The van der Waals surface area contributed by atoms with Crippen LogP contribution in [0.3, 0.4) is 0 Å². The molecule has 0 aliphatic heterocycles. The number of rotatable bonds is 8. The Morgan fingerprint density at radius 1 is 1.19 bits per heavy atom. The lowest BCUT2D eigenvalue weighted by Crippen LogP contribution is -2.20. The van der Waals surface area contributed by atoms with Crippen LogP contribution in [-0.4, -0.2) is 9.55 Å². The molecule has 8 heteroatoms. The van der Waals surface area contributed by atoms with E-state index in [1.165, 1.54) is 16.7 Å². The smallest absolute Gasteiger partial charge is 0.379 e. The van der Waals surface area contributed by atoms with Gasteiger partial charge in [-0.05, 0) is 56.2 Å². The zero-order chi connectivity index (χ0) is 26.4. The predicted molar refractivity (Wildman–Crippen MR) is 144 cm³/mol. The molecular formula is C29H27F3N4O. The SMILES string of the molecule is C=C/C=C(\C=C/C)n1c(NC2=CCCC=C2)cc(=O)c2c(C(F)(F)F)cc(CNc3ccccc3)nc21. The van der Waals surface area contributed by atoms with E-state index in [1.807, 2.05) is 48.6 Å². The second-order valence-electron chi connectivity index (χ2n) is 8.40. The molecule has 2 N–H and O–H groups in total. The highest BCUT2D eigenvalue weighted by Gasteiger charge is 2.35. The van der Waals surface area contributed by atoms with Gasteiger partial charge in [0, 0.05) is 23.1 Å². The van der Waals surface area contributed by atoms with Gasteiger partial charge in [0.2, 0.25) is 0 Å². The molecule has 2 heterocycles. The second kappa shape index (κ2) is 11.2. The molecule has 0 saturated heterocycles. The average molecular weight is 505 g/mol. The first-order valence-electron chi connectivity index (χ1n) is 11.9. The molecule has 0 amide bonds. The summed E-state index contributed by atoms with van der Waals surface area (Å²) in [6.45, 7) is 5.58. The van der Waals surface area contributed by atoms with Gasteiger partial charge in [0.25, 0.3) is 0 Å². The van der Waals surface area contributed by atoms with Gasteiger partial charge in [-0.2, -0.15) is 13.2 Å². The molecule has 2 aromatic heterocycles. The van der Waals surface area contributed by atoms with E-state index in [0.717, 1.165) is 30.3 Å². The van der Waals surface area contributed by atoms with E-state index < -0.39 is 22.6 Å². The standard InChI is InChI=1S/C29H27F3N4O/c1-3-11-23(12-4-2)36-26(34-21-15-9-6-10-16-21)18-25(37)27-24(29(30,31)32)17-22(35-28(27)36)19-33-20-13-7-5-8-14-20/h3-5,7-9,11-18,33-34H,1,6,10,19H2,2H3/b12-4-,23-11+. The van der Waals surface area contributed by atoms with Crippen LogP contribution in [0.4, 0.5) is 24.7 Å². The van der Waals surface area contributed by atoms with Crippen molar-refractivity contribution < 1.29 is 13.2 Å². The number of nitrogens with one attached hydrogen (secondary N) is 2. The number of hydrogen-bond donors (Lipinski definition) is 2. The maximum Gasteiger partial charge on any atom is 0.417 e. The summed E-state index contributed by atoms with van der Waals surface area (Å²) in [5, 5.41) is 5.82. The Bertz CT molecular complexity index is 1480. The van der Waals surface area contributed by atoms with Crippen LogP contribution >= 0.6 is 0 Å². The van der Waals surface area contributed by atoms with E-state index >= 15 is 0 Å². The molecule has 0 fully saturated rings. The van der Waals surface area contributed by atoms with Crippen LogP contribution in [-0.2, 0) is 12.7 Å². The summed E-state index contributed by atoms with van der Waals surface area (Å²) < 4.78 is 44.3. The first-order valence-corrected chi connectivity index (χ1v) is 11.9. The number of para-hydroxylation sites is 1. The number of allylic oxidation sites excluding steroid dienone is 8. The van der Waals surface area contributed by atoms with Crippen molar-refractivity contribution in [2.75, 3.05) is 10.6 Å². The summed E-state index contributed by atoms with van der Waals surface area (Å²) >= 11 is 0. The van der Waals surface area contributed by atoms with E-state index in [1.54, 1.807) is 25.2 Å². The fraction of sp³-hybridized carbons (Fsp3) is 0.172. The van der Waals surface area contributed by atoms with Gasteiger partial charge in [-0.3, -0.25) is 9.36 Å². The number of anilines is 2. The fourth-order valence-electron chi connectivity index (χ4n) is 4.13. The molecule has 190 valence electrons.